The van der Waals surface area contributed by atoms with Gasteiger partial charge in [0.2, 0.25) is 15.8 Å². The van der Waals surface area contributed by atoms with Crippen molar-refractivity contribution in [1.82, 2.24) is 9.97 Å². The highest BCUT2D eigenvalue weighted by Crippen LogP contribution is 2.29. The van der Waals surface area contributed by atoms with Crippen molar-refractivity contribution in [3.63, 3.8) is 0 Å². The van der Waals surface area contributed by atoms with Crippen molar-refractivity contribution in [3.05, 3.63) is 47.1 Å². The number of fused-ring (bicyclic) bond motifs is 1. The first-order valence-electron chi connectivity index (χ1n) is 6.38. The number of carbonyl (C=O) groups excluding carboxylic acids is 1. The second kappa shape index (κ2) is 5.23. The van der Waals surface area contributed by atoms with Crippen molar-refractivity contribution in [1.29, 1.82) is 0 Å². The molecule has 0 spiro atoms. The monoisotopic (exact) mass is 316 g/mol. The second-order valence-corrected chi connectivity index (χ2v) is 6.57. The Morgan fingerprint density at radius 3 is 2.59 bits per heavy atom. The molecule has 0 bridgehead atoms. The third kappa shape index (κ3) is 2.82. The maximum atomic E-state index is 11.9. The van der Waals surface area contributed by atoms with Crippen molar-refractivity contribution in [2.75, 3.05) is 10.6 Å². The molecule has 0 atom stereocenters. The molecule has 0 saturated carbocycles. The zero-order valence-corrected chi connectivity index (χ0v) is 12.4. The Labute approximate surface area is 127 Å². The standard InChI is InChI=1S/C14H12N4O3S/c1-9-7-15-13(16-8-9)18-14(19)17-11-3-2-10-4-5-22(20,21)12(10)6-11/h2-8H,1H3,(H2,15,16,17,18,19). The largest absolute Gasteiger partial charge is 0.326 e. The van der Waals surface area contributed by atoms with E-state index in [0.29, 0.717) is 11.3 Å². The highest BCUT2D eigenvalue weighted by atomic mass is 32.2. The normalized spacial score (nSPS) is 14.4. The average Bonchev–Trinajstić information content (AvgIpc) is 2.77. The molecule has 2 amide bonds. The number of hydrogen-bond donors (Lipinski definition) is 2. The van der Waals surface area contributed by atoms with Crippen molar-refractivity contribution in [3.8, 4) is 0 Å². The number of hydrogen-bond acceptors (Lipinski definition) is 5. The summed E-state index contributed by atoms with van der Waals surface area (Å²) < 4.78 is 23.6. The minimum atomic E-state index is -3.40. The molecule has 1 aromatic heterocycles. The van der Waals surface area contributed by atoms with Gasteiger partial charge >= 0.3 is 6.03 Å². The predicted octanol–water partition coefficient (Wildman–Crippen LogP) is 2.19. The molecule has 2 aromatic rings. The maximum absolute atomic E-state index is 11.9. The quantitative estimate of drug-likeness (QED) is 0.884. The lowest BCUT2D eigenvalue weighted by Crippen LogP contribution is -2.21. The first-order chi connectivity index (χ1) is 10.4. The number of nitrogens with zero attached hydrogens (tertiary/aromatic N) is 2. The van der Waals surface area contributed by atoms with Crippen LogP contribution < -0.4 is 10.6 Å². The van der Waals surface area contributed by atoms with Crippen LogP contribution in [0.15, 0.2) is 40.9 Å². The van der Waals surface area contributed by atoms with E-state index in [0.717, 1.165) is 11.0 Å². The molecular formula is C14H12N4O3S. The topological polar surface area (TPSA) is 101 Å². The van der Waals surface area contributed by atoms with Gasteiger partial charge in [0.05, 0.1) is 4.90 Å². The lowest BCUT2D eigenvalue weighted by Gasteiger charge is -2.08. The highest BCUT2D eigenvalue weighted by molar-refractivity contribution is 7.94. The van der Waals surface area contributed by atoms with E-state index in [4.69, 9.17) is 0 Å². The molecule has 2 heterocycles. The van der Waals surface area contributed by atoms with Crippen LogP contribution in [-0.4, -0.2) is 24.4 Å². The van der Waals surface area contributed by atoms with Gasteiger partial charge in [0.1, 0.15) is 0 Å². The lowest BCUT2D eigenvalue weighted by atomic mass is 10.2. The molecule has 0 radical (unpaired) electrons. The summed E-state index contributed by atoms with van der Waals surface area (Å²) in [6.45, 7) is 1.84. The zero-order valence-electron chi connectivity index (χ0n) is 11.6. The van der Waals surface area contributed by atoms with E-state index < -0.39 is 15.9 Å². The summed E-state index contributed by atoms with van der Waals surface area (Å²) in [5.74, 6) is 0.165. The molecular weight excluding hydrogens is 304 g/mol. The van der Waals surface area contributed by atoms with Gasteiger partial charge in [-0.1, -0.05) is 6.07 Å². The number of sulfone groups is 1. The Kier molecular flexibility index (Phi) is 3.38. The molecule has 1 aliphatic heterocycles. The molecule has 0 fully saturated rings. The Hall–Kier alpha value is -2.74. The van der Waals surface area contributed by atoms with Gasteiger partial charge in [0, 0.05) is 23.5 Å². The second-order valence-electron chi connectivity index (χ2n) is 4.76. The average molecular weight is 316 g/mol. The molecule has 2 N–H and O–H groups in total. The van der Waals surface area contributed by atoms with E-state index in [2.05, 4.69) is 20.6 Å². The van der Waals surface area contributed by atoms with Crippen molar-refractivity contribution in [2.45, 2.75) is 11.8 Å². The fraction of sp³-hybridized carbons (Fsp3) is 0.0714. The summed E-state index contributed by atoms with van der Waals surface area (Å²) in [4.78, 5) is 19.9. The Balaban J connectivity index is 1.74. The molecule has 0 unspecified atom stereocenters. The third-order valence-corrected chi connectivity index (χ3v) is 4.47. The van der Waals surface area contributed by atoms with E-state index in [1.807, 2.05) is 6.92 Å². The maximum Gasteiger partial charge on any atom is 0.326 e. The molecule has 3 rings (SSSR count). The van der Waals surface area contributed by atoms with Crippen LogP contribution in [0.25, 0.3) is 6.08 Å². The van der Waals surface area contributed by atoms with E-state index >= 15 is 0 Å². The summed E-state index contributed by atoms with van der Waals surface area (Å²) in [7, 11) is -3.40. The first kappa shape index (κ1) is 14.2. The number of urea groups is 1. The van der Waals surface area contributed by atoms with Crippen LogP contribution >= 0.6 is 0 Å². The van der Waals surface area contributed by atoms with E-state index in [-0.39, 0.29) is 10.8 Å². The Morgan fingerprint density at radius 2 is 1.86 bits per heavy atom. The van der Waals surface area contributed by atoms with Crippen LogP contribution in [0.2, 0.25) is 0 Å². The summed E-state index contributed by atoms with van der Waals surface area (Å²) in [6, 6.07) is 4.13. The molecule has 22 heavy (non-hydrogen) atoms. The Bertz CT molecular complexity index is 873. The number of nitrogens with one attached hydrogen (secondary N) is 2. The van der Waals surface area contributed by atoms with Crippen LogP contribution in [0.5, 0.6) is 0 Å². The van der Waals surface area contributed by atoms with Crippen LogP contribution in [0.4, 0.5) is 16.4 Å². The minimum absolute atomic E-state index is 0.165. The fourth-order valence-electron chi connectivity index (χ4n) is 1.95. The lowest BCUT2D eigenvalue weighted by molar-refractivity contribution is 0.262. The van der Waals surface area contributed by atoms with Gasteiger partial charge in [0.15, 0.2) is 0 Å². The molecule has 7 nitrogen and oxygen atoms in total. The van der Waals surface area contributed by atoms with Crippen LogP contribution in [0, 0.1) is 6.92 Å². The smallest absolute Gasteiger partial charge is 0.308 e. The summed E-state index contributed by atoms with van der Waals surface area (Å²) in [6.07, 6.45) is 4.68. The number of aromatic nitrogens is 2. The number of anilines is 2. The van der Waals surface area contributed by atoms with Gasteiger partial charge in [0.25, 0.3) is 0 Å². The number of rotatable bonds is 2. The number of carbonyl (C=O) groups is 1. The van der Waals surface area contributed by atoms with Crippen molar-refractivity contribution >= 4 is 33.6 Å². The zero-order chi connectivity index (χ0) is 15.7. The van der Waals surface area contributed by atoms with Gasteiger partial charge in [-0.15, -0.1) is 0 Å². The molecule has 1 aliphatic rings. The van der Waals surface area contributed by atoms with E-state index in [1.54, 1.807) is 24.5 Å². The summed E-state index contributed by atoms with van der Waals surface area (Å²) >= 11 is 0. The van der Waals surface area contributed by atoms with Gasteiger partial charge in [-0.25, -0.2) is 23.2 Å². The minimum Gasteiger partial charge on any atom is -0.308 e. The summed E-state index contributed by atoms with van der Waals surface area (Å²) in [5, 5.41) is 6.16. The molecule has 0 saturated heterocycles. The summed E-state index contributed by atoms with van der Waals surface area (Å²) in [5.41, 5.74) is 1.85. The van der Waals surface area contributed by atoms with E-state index in [9.17, 15) is 13.2 Å². The van der Waals surface area contributed by atoms with Crippen LogP contribution in [0.3, 0.4) is 0 Å². The van der Waals surface area contributed by atoms with Gasteiger partial charge in [-0.05, 0) is 36.3 Å². The van der Waals surface area contributed by atoms with Gasteiger partial charge in [-0.3, -0.25) is 5.32 Å². The number of aryl methyl sites for hydroxylation is 1. The van der Waals surface area contributed by atoms with Crippen molar-refractivity contribution < 1.29 is 13.2 Å². The highest BCUT2D eigenvalue weighted by Gasteiger charge is 2.21. The number of amides is 2. The third-order valence-electron chi connectivity index (χ3n) is 3.01. The Morgan fingerprint density at radius 1 is 1.14 bits per heavy atom. The van der Waals surface area contributed by atoms with Gasteiger partial charge < -0.3 is 5.32 Å². The van der Waals surface area contributed by atoms with Gasteiger partial charge in [-0.2, -0.15) is 0 Å². The molecule has 1 aromatic carbocycles. The number of benzene rings is 1. The fourth-order valence-corrected chi connectivity index (χ4v) is 3.18. The SMILES string of the molecule is Cc1cnc(NC(=O)Nc2ccc3c(c2)S(=O)(=O)C=C3)nc1. The molecule has 8 heteroatoms. The van der Waals surface area contributed by atoms with Crippen molar-refractivity contribution in [2.24, 2.45) is 0 Å². The first-order valence-corrected chi connectivity index (χ1v) is 7.92. The van der Waals surface area contributed by atoms with E-state index in [1.165, 1.54) is 12.1 Å². The van der Waals surface area contributed by atoms with Crippen LogP contribution in [-0.2, 0) is 9.84 Å². The van der Waals surface area contributed by atoms with Crippen LogP contribution in [0.1, 0.15) is 11.1 Å². The predicted molar refractivity (Wildman–Crippen MR) is 82.1 cm³/mol. The molecule has 112 valence electrons. The molecule has 0 aliphatic carbocycles.